The number of hydrogen-bond acceptors (Lipinski definition) is 3. The summed E-state index contributed by atoms with van der Waals surface area (Å²) in [6.45, 7) is 4.27. The van der Waals surface area contributed by atoms with Crippen molar-refractivity contribution in [3.63, 3.8) is 0 Å². The van der Waals surface area contributed by atoms with Gasteiger partial charge in [-0.3, -0.25) is 10.1 Å². The number of nitrogens with one attached hydrogen (secondary N) is 1. The number of nitrogens with zero attached hydrogens (tertiary/aromatic N) is 1. The van der Waals surface area contributed by atoms with E-state index >= 15 is 0 Å². The van der Waals surface area contributed by atoms with Crippen molar-refractivity contribution in [3.05, 3.63) is 66.6 Å². The van der Waals surface area contributed by atoms with Crippen molar-refractivity contribution < 1.29 is 4.92 Å². The summed E-state index contributed by atoms with van der Waals surface area (Å²) in [5.41, 5.74) is 3.59. The second kappa shape index (κ2) is 6.45. The van der Waals surface area contributed by atoms with Crippen molar-refractivity contribution in [3.8, 4) is 0 Å². The van der Waals surface area contributed by atoms with Gasteiger partial charge in [-0.1, -0.05) is 17.7 Å². The summed E-state index contributed by atoms with van der Waals surface area (Å²) in [6, 6.07) is 8.96. The molecule has 0 amide bonds. The maximum atomic E-state index is 11.0. The van der Waals surface area contributed by atoms with Crippen LogP contribution in [-0.4, -0.2) is 4.92 Å². The maximum absolute atomic E-state index is 11.0. The maximum Gasteiger partial charge on any atom is 0.274 e. The molecule has 0 unspecified atom stereocenters. The predicted molar refractivity (Wildman–Crippen MR) is 89.0 cm³/mol. The minimum Gasteiger partial charge on any atom is -0.380 e. The molecule has 0 fully saturated rings. The summed E-state index contributed by atoms with van der Waals surface area (Å²) >= 11 is 9.36. The monoisotopic (exact) mass is 368 g/mol. The Morgan fingerprint density at radius 2 is 1.95 bits per heavy atom. The Morgan fingerprint density at radius 3 is 2.57 bits per heavy atom. The number of anilines is 1. The Balaban J connectivity index is 2.23. The second-order valence-corrected chi connectivity index (χ2v) is 6.09. The lowest BCUT2D eigenvalue weighted by Crippen LogP contribution is -2.03. The molecule has 0 aliphatic rings. The number of hydrogen-bond donors (Lipinski definition) is 1. The van der Waals surface area contributed by atoms with Gasteiger partial charge in [0.25, 0.3) is 5.69 Å². The van der Waals surface area contributed by atoms with Gasteiger partial charge in [-0.15, -0.1) is 0 Å². The fourth-order valence-electron chi connectivity index (χ4n) is 2.04. The third-order valence-electron chi connectivity index (χ3n) is 3.26. The molecule has 0 saturated heterocycles. The molecule has 0 atom stereocenters. The fourth-order valence-corrected chi connectivity index (χ4v) is 2.87. The van der Waals surface area contributed by atoms with Gasteiger partial charge in [-0.05, 0) is 59.1 Å². The van der Waals surface area contributed by atoms with Crippen LogP contribution in [0.15, 0.2) is 34.8 Å². The van der Waals surface area contributed by atoms with Crippen LogP contribution in [-0.2, 0) is 6.54 Å². The third-order valence-corrected chi connectivity index (χ3v) is 4.15. The molecule has 4 nitrogen and oxygen atoms in total. The highest BCUT2D eigenvalue weighted by atomic mass is 79.9. The first-order chi connectivity index (χ1) is 9.88. The molecule has 0 radical (unpaired) electrons. The number of aryl methyl sites for hydroxylation is 2. The van der Waals surface area contributed by atoms with E-state index in [-0.39, 0.29) is 10.6 Å². The zero-order valence-electron chi connectivity index (χ0n) is 11.6. The van der Waals surface area contributed by atoms with Crippen LogP contribution in [0.5, 0.6) is 0 Å². The average Bonchev–Trinajstić information content (AvgIpc) is 2.39. The summed E-state index contributed by atoms with van der Waals surface area (Å²) in [4.78, 5) is 10.6. The third kappa shape index (κ3) is 3.74. The molecule has 2 aromatic carbocycles. The summed E-state index contributed by atoms with van der Waals surface area (Å²) in [7, 11) is 0. The van der Waals surface area contributed by atoms with E-state index < -0.39 is 0 Å². The van der Waals surface area contributed by atoms with E-state index in [4.69, 9.17) is 11.6 Å². The lowest BCUT2D eigenvalue weighted by atomic mass is 10.1. The van der Waals surface area contributed by atoms with Crippen LogP contribution < -0.4 is 5.32 Å². The van der Waals surface area contributed by atoms with Crippen LogP contribution >= 0.6 is 27.5 Å². The minimum absolute atomic E-state index is 0.105. The fraction of sp³-hybridized carbons (Fsp3) is 0.200. The highest BCUT2D eigenvalue weighted by Crippen LogP contribution is 2.31. The van der Waals surface area contributed by atoms with Gasteiger partial charge in [0.05, 0.1) is 10.6 Å². The molecule has 2 aromatic rings. The summed E-state index contributed by atoms with van der Waals surface area (Å²) in [5.74, 6) is 0. The van der Waals surface area contributed by atoms with Gasteiger partial charge in [0.2, 0.25) is 0 Å². The van der Waals surface area contributed by atoms with Crippen LogP contribution in [0.25, 0.3) is 0 Å². The van der Waals surface area contributed by atoms with Crippen molar-refractivity contribution in [1.29, 1.82) is 0 Å². The van der Waals surface area contributed by atoms with E-state index in [1.54, 1.807) is 19.1 Å². The van der Waals surface area contributed by atoms with E-state index in [0.717, 1.165) is 15.6 Å². The Bertz CT molecular complexity index is 704. The molecule has 2 rings (SSSR count). The Morgan fingerprint density at radius 1 is 1.24 bits per heavy atom. The van der Waals surface area contributed by atoms with Crippen molar-refractivity contribution in [2.45, 2.75) is 20.4 Å². The number of rotatable bonds is 4. The zero-order chi connectivity index (χ0) is 15.6. The predicted octanol–water partition coefficient (Wildman–Crippen LogP) is 5.24. The molecule has 21 heavy (non-hydrogen) atoms. The molecular formula is C15H14BrClN2O2. The van der Waals surface area contributed by atoms with E-state index in [0.29, 0.717) is 22.8 Å². The van der Waals surface area contributed by atoms with Gasteiger partial charge in [0, 0.05) is 27.7 Å². The average molecular weight is 370 g/mol. The van der Waals surface area contributed by atoms with Gasteiger partial charge in [-0.2, -0.15) is 0 Å². The minimum atomic E-state index is -0.375. The molecule has 0 bridgehead atoms. The zero-order valence-corrected chi connectivity index (χ0v) is 14.0. The molecule has 0 aliphatic carbocycles. The van der Waals surface area contributed by atoms with Crippen LogP contribution in [0.1, 0.15) is 16.7 Å². The summed E-state index contributed by atoms with van der Waals surface area (Å²) in [5, 5.41) is 14.9. The van der Waals surface area contributed by atoms with E-state index in [1.165, 1.54) is 0 Å². The lowest BCUT2D eigenvalue weighted by molar-refractivity contribution is -0.385. The Hall–Kier alpha value is -1.59. The first-order valence-corrected chi connectivity index (χ1v) is 7.49. The summed E-state index contributed by atoms with van der Waals surface area (Å²) < 4.78 is 0.803. The first-order valence-electron chi connectivity index (χ1n) is 6.32. The van der Waals surface area contributed by atoms with Gasteiger partial charge >= 0.3 is 0 Å². The van der Waals surface area contributed by atoms with Crippen molar-refractivity contribution in [2.24, 2.45) is 0 Å². The highest BCUT2D eigenvalue weighted by molar-refractivity contribution is 9.10. The largest absolute Gasteiger partial charge is 0.380 e. The van der Waals surface area contributed by atoms with E-state index in [9.17, 15) is 10.1 Å². The Kier molecular flexibility index (Phi) is 4.85. The molecular weight excluding hydrogens is 356 g/mol. The molecule has 6 heteroatoms. The quantitative estimate of drug-likeness (QED) is 0.592. The number of nitro benzene ring substituents is 1. The molecule has 0 saturated carbocycles. The van der Waals surface area contributed by atoms with E-state index in [1.807, 2.05) is 25.1 Å². The van der Waals surface area contributed by atoms with Crippen molar-refractivity contribution >= 4 is 38.9 Å². The van der Waals surface area contributed by atoms with Gasteiger partial charge in [0.15, 0.2) is 0 Å². The van der Waals surface area contributed by atoms with Crippen LogP contribution in [0.2, 0.25) is 5.02 Å². The number of nitro groups is 1. The second-order valence-electron chi connectivity index (χ2n) is 4.80. The Labute approximate surface area is 136 Å². The van der Waals surface area contributed by atoms with Crippen molar-refractivity contribution in [2.75, 3.05) is 5.32 Å². The van der Waals surface area contributed by atoms with Crippen molar-refractivity contribution in [1.82, 2.24) is 0 Å². The molecule has 0 spiro atoms. The smallest absolute Gasteiger partial charge is 0.274 e. The number of halogens is 2. The van der Waals surface area contributed by atoms with Gasteiger partial charge in [-0.25, -0.2) is 0 Å². The lowest BCUT2D eigenvalue weighted by Gasteiger charge is -2.12. The molecule has 1 N–H and O–H groups in total. The normalized spacial score (nSPS) is 10.5. The van der Waals surface area contributed by atoms with Gasteiger partial charge < -0.3 is 5.32 Å². The molecule has 0 aliphatic heterocycles. The van der Waals surface area contributed by atoms with Crippen LogP contribution in [0.4, 0.5) is 11.4 Å². The number of benzene rings is 2. The van der Waals surface area contributed by atoms with Gasteiger partial charge in [0.1, 0.15) is 0 Å². The summed E-state index contributed by atoms with van der Waals surface area (Å²) in [6.07, 6.45) is 0. The SMILES string of the molecule is Cc1cc(Cl)ccc1CNc1cc([N+](=O)[O-])c(C)cc1Br. The first kappa shape index (κ1) is 15.8. The van der Waals surface area contributed by atoms with Crippen LogP contribution in [0, 0.1) is 24.0 Å². The molecule has 0 heterocycles. The topological polar surface area (TPSA) is 55.2 Å². The van der Waals surface area contributed by atoms with Crippen LogP contribution in [0.3, 0.4) is 0 Å². The standard InChI is InChI=1S/C15H14BrClN2O2/c1-9-5-12(17)4-3-11(9)8-18-14-7-15(19(20)21)10(2)6-13(14)16/h3-7,18H,8H2,1-2H3. The molecule has 110 valence electrons. The molecule has 0 aromatic heterocycles. The van der Waals surface area contributed by atoms with E-state index in [2.05, 4.69) is 21.2 Å². The highest BCUT2D eigenvalue weighted by Gasteiger charge is 2.14.